The Balaban J connectivity index is -0.000000576. The Morgan fingerprint density at radius 3 is 0.562 bits per heavy atom. The first-order valence-corrected chi connectivity index (χ1v) is 34.7. The quantitative estimate of drug-likeness (QED) is 0.0173. The molecule has 4 atom stereocenters. The third kappa shape index (κ3) is 56.7. The number of esters is 11. The van der Waals surface area contributed by atoms with E-state index in [-0.39, 0.29) is 160 Å². The van der Waals surface area contributed by atoms with Gasteiger partial charge in [0.25, 0.3) is 0 Å². The van der Waals surface area contributed by atoms with Crippen molar-refractivity contribution in [3.05, 3.63) is 0 Å². The molecule has 0 N–H and O–H groups in total. The van der Waals surface area contributed by atoms with Gasteiger partial charge in [-0.15, -0.1) is 0 Å². The van der Waals surface area contributed by atoms with E-state index in [2.05, 4.69) is 164 Å². The Bertz CT molecular complexity index is 1770. The largest absolute Gasteiger partial charge is 0.465 e. The lowest BCUT2D eigenvalue weighted by atomic mass is 9.88. The Hall–Kier alpha value is -1.36. The highest BCUT2D eigenvalue weighted by atomic mass is 32.1. The SMILES string of the molecule is CC(S)CC(=O)OCC(COC(=O)CC(C)S)(COC(=O)CC(C)S)COC(=O)CC(C)S.CCC(COC(=O)CS)(COC(=O)CS)COC(=O)CS.O=C(CS)OCC(COC(=O)CS)(COC(=O)CS)COC(=O)CS.SCCOCCOCCS. The third-order valence-electron chi connectivity index (χ3n) is 10.3. The van der Waals surface area contributed by atoms with Crippen LogP contribution in [-0.4, -0.2) is 238 Å². The van der Waals surface area contributed by atoms with Crippen LogP contribution >= 0.6 is 164 Å². The molecule has 0 radical (unpaired) electrons. The van der Waals surface area contributed by atoms with Crippen LogP contribution in [0.4, 0.5) is 0 Å². The number of rotatable bonds is 45. The van der Waals surface area contributed by atoms with Crippen LogP contribution in [0, 0.1) is 16.2 Å². The fraction of sp³-hybridized carbons (Fsp3) is 0.788. The minimum atomic E-state index is -1.30. The van der Waals surface area contributed by atoms with E-state index in [1.54, 1.807) is 27.7 Å². The summed E-state index contributed by atoms with van der Waals surface area (Å²) in [4.78, 5) is 128. The standard InChI is InChI=1S/C21H36O8S4.C13H20O8S4.C12H20O6S3.C6H14O2S2/c1-13(30)5-17(22)26-9-21(10-27-18(23)6-14(2)31,11-28-19(24)7-15(3)32)12-29-20(25)8-16(4)33;14-9(1-22)18-5-13(6-19-10(15)2-23,7-20-11(16)3-24)8-21-12(17)4-25;1-2-12(6-16-9(13)3-19,7-17-10(14)4-20)8-18-11(15)5-21;9-5-3-7-1-2-8-4-6-10/h13-16,30-33H,5-12H2,1-4H3;22-25H,1-8H2;19-21H,2-8H2,1H3;9-10H,1-6H2. The van der Waals surface area contributed by atoms with E-state index in [4.69, 9.17) is 61.6 Å². The first-order valence-electron chi connectivity index (χ1n) is 27.0. The Morgan fingerprint density at radius 1 is 0.270 bits per heavy atom. The van der Waals surface area contributed by atoms with Crippen molar-refractivity contribution in [2.45, 2.75) is 87.7 Å². The molecule has 0 fully saturated rings. The molecular weight excluding hydrogens is 1430 g/mol. The van der Waals surface area contributed by atoms with Gasteiger partial charge in [-0.3, -0.25) is 52.7 Å². The summed E-state index contributed by atoms with van der Waals surface area (Å²) in [5.74, 6) is -5.61. The summed E-state index contributed by atoms with van der Waals surface area (Å²) in [6.07, 6.45) is 0.661. The van der Waals surface area contributed by atoms with Crippen molar-refractivity contribution in [2.24, 2.45) is 16.2 Å². The Labute approximate surface area is 594 Å². The minimum absolute atomic E-state index is 0.0391. The van der Waals surface area contributed by atoms with Crippen LogP contribution in [0.5, 0.6) is 0 Å². The Morgan fingerprint density at radius 2 is 0.427 bits per heavy atom. The van der Waals surface area contributed by atoms with Crippen molar-refractivity contribution in [2.75, 3.05) is 151 Å². The summed E-state index contributed by atoms with van der Waals surface area (Å²) in [7, 11) is 0. The van der Waals surface area contributed by atoms with Crippen molar-refractivity contribution < 1.29 is 114 Å². The molecule has 0 saturated heterocycles. The van der Waals surface area contributed by atoms with Crippen LogP contribution in [0.25, 0.3) is 0 Å². The molecule has 520 valence electrons. The third-order valence-corrected chi connectivity index (χ3v) is 13.2. The van der Waals surface area contributed by atoms with Crippen molar-refractivity contribution in [1.29, 1.82) is 0 Å². The molecule has 0 aromatic carbocycles. The van der Waals surface area contributed by atoms with Gasteiger partial charge in [-0.1, -0.05) is 34.6 Å². The minimum Gasteiger partial charge on any atom is -0.465 e. The van der Waals surface area contributed by atoms with E-state index < -0.39 is 81.9 Å². The molecule has 37 heteroatoms. The average Bonchev–Trinajstić information content (AvgIpc) is 3.71. The molecule has 0 aromatic rings. The molecule has 0 aliphatic rings. The molecular formula is C52H90O24S13. The van der Waals surface area contributed by atoms with Crippen LogP contribution in [-0.2, 0) is 114 Å². The summed E-state index contributed by atoms with van der Waals surface area (Å²) in [5, 5.41) is -0.922. The molecule has 0 aliphatic heterocycles. The molecule has 24 nitrogen and oxygen atoms in total. The zero-order valence-electron chi connectivity index (χ0n) is 50.4. The van der Waals surface area contributed by atoms with Gasteiger partial charge in [0, 0.05) is 32.5 Å². The lowest BCUT2D eigenvalue weighted by Crippen LogP contribution is -2.44. The second-order valence-corrected chi connectivity index (χ2v) is 25.7. The zero-order valence-corrected chi connectivity index (χ0v) is 62.1. The number of hydrogen-bond acceptors (Lipinski definition) is 37. The van der Waals surface area contributed by atoms with Crippen molar-refractivity contribution >= 4 is 230 Å². The van der Waals surface area contributed by atoms with Gasteiger partial charge in [0.15, 0.2) is 0 Å². The number of carbonyl (C=O) groups is 11. The van der Waals surface area contributed by atoms with E-state index in [0.717, 1.165) is 11.5 Å². The molecule has 0 aromatic heterocycles. The molecule has 4 unspecified atom stereocenters. The summed E-state index contributed by atoms with van der Waals surface area (Å²) in [5.41, 5.74) is -3.37. The predicted octanol–water partition coefficient (Wildman–Crippen LogP) is 4.53. The van der Waals surface area contributed by atoms with Gasteiger partial charge in [0.1, 0.15) is 83.5 Å². The first kappa shape index (κ1) is 94.0. The Kier molecular flexibility index (Phi) is 62.5. The molecule has 0 heterocycles. The van der Waals surface area contributed by atoms with Crippen LogP contribution in [0.1, 0.15) is 66.7 Å². The van der Waals surface area contributed by atoms with Gasteiger partial charge in [-0.05, 0) is 6.42 Å². The lowest BCUT2D eigenvalue weighted by molar-refractivity contribution is -0.172. The number of thiol groups is 13. The second-order valence-electron chi connectivity index (χ2n) is 19.1. The predicted molar refractivity (Wildman–Crippen MR) is 377 cm³/mol. The maximum atomic E-state index is 12.1. The summed E-state index contributed by atoms with van der Waals surface area (Å²) in [6, 6.07) is 0. The average molecular weight is 1520 g/mol. The normalized spacial score (nSPS) is 12.8. The van der Waals surface area contributed by atoms with E-state index in [0.29, 0.717) is 32.8 Å². The number of carbonyl (C=O) groups excluding carboxylic acids is 11. The fourth-order valence-corrected chi connectivity index (χ4v) is 6.97. The summed E-state index contributed by atoms with van der Waals surface area (Å²) in [6.45, 7) is 8.85. The first-order chi connectivity index (χ1) is 41.9. The molecule has 89 heavy (non-hydrogen) atoms. The van der Waals surface area contributed by atoms with Crippen LogP contribution < -0.4 is 0 Å². The highest BCUT2D eigenvalue weighted by molar-refractivity contribution is 7.82. The molecule has 0 rings (SSSR count). The van der Waals surface area contributed by atoms with E-state index in [1.807, 2.05) is 6.92 Å². The van der Waals surface area contributed by atoms with Crippen molar-refractivity contribution in [3.63, 3.8) is 0 Å². The maximum Gasteiger partial charge on any atom is 0.315 e. The topological polar surface area (TPSA) is 308 Å². The van der Waals surface area contributed by atoms with Gasteiger partial charge >= 0.3 is 65.7 Å². The number of hydrogen-bond donors (Lipinski definition) is 13. The van der Waals surface area contributed by atoms with Crippen LogP contribution in [0.15, 0.2) is 0 Å². The van der Waals surface area contributed by atoms with Gasteiger partial charge in [0.05, 0.1) is 97.8 Å². The second kappa shape index (κ2) is 59.2. The molecule has 0 saturated carbocycles. The molecule has 0 spiro atoms. The van der Waals surface area contributed by atoms with Crippen molar-refractivity contribution in [1.82, 2.24) is 0 Å². The van der Waals surface area contributed by atoms with E-state index >= 15 is 0 Å². The van der Waals surface area contributed by atoms with Gasteiger partial charge in [-0.2, -0.15) is 164 Å². The fourth-order valence-electron chi connectivity index (χ4n) is 5.47. The zero-order chi connectivity index (χ0) is 68.9. The van der Waals surface area contributed by atoms with E-state index in [9.17, 15) is 52.7 Å². The highest BCUT2D eigenvalue weighted by Crippen LogP contribution is 2.26. The molecule has 0 bridgehead atoms. The maximum absolute atomic E-state index is 12.1. The van der Waals surface area contributed by atoms with Gasteiger partial charge < -0.3 is 61.6 Å². The summed E-state index contributed by atoms with van der Waals surface area (Å²) < 4.78 is 66.8. The molecule has 0 aliphatic carbocycles. The number of ether oxygens (including phenoxy) is 13. The highest BCUT2D eigenvalue weighted by Gasteiger charge is 2.40. The smallest absolute Gasteiger partial charge is 0.315 e. The molecule has 0 amide bonds. The lowest BCUT2D eigenvalue weighted by Gasteiger charge is -2.32. The van der Waals surface area contributed by atoms with E-state index in [1.165, 1.54) is 0 Å². The van der Waals surface area contributed by atoms with Crippen molar-refractivity contribution in [3.8, 4) is 0 Å². The van der Waals surface area contributed by atoms with Crippen LogP contribution in [0.3, 0.4) is 0 Å². The van der Waals surface area contributed by atoms with Gasteiger partial charge in [-0.25, -0.2) is 0 Å². The monoisotopic (exact) mass is 1510 g/mol. The van der Waals surface area contributed by atoms with Gasteiger partial charge in [0.2, 0.25) is 0 Å². The van der Waals surface area contributed by atoms with Crippen LogP contribution in [0.2, 0.25) is 0 Å². The summed E-state index contributed by atoms with van der Waals surface area (Å²) >= 11 is 51.2.